The van der Waals surface area contributed by atoms with Gasteiger partial charge in [0.1, 0.15) is 43.2 Å². The van der Waals surface area contributed by atoms with E-state index in [1.165, 1.54) is 19.3 Å². The summed E-state index contributed by atoms with van der Waals surface area (Å²) >= 11 is 0. The molecule has 1 rings (SSSR count). The summed E-state index contributed by atoms with van der Waals surface area (Å²) in [4.78, 5) is 35.5. The van der Waals surface area contributed by atoms with Gasteiger partial charge in [-0.05, 0) is 64.2 Å². The Morgan fingerprint density at radius 2 is 1.04 bits per heavy atom. The summed E-state index contributed by atoms with van der Waals surface area (Å²) in [7, 11) is -5.11. The average Bonchev–Trinajstić information content (AvgIpc) is 3.15. The molecule has 6 N–H and O–H groups in total. The van der Waals surface area contributed by atoms with Crippen LogP contribution in [0, 0.1) is 0 Å². The van der Waals surface area contributed by atoms with Crippen molar-refractivity contribution in [1.29, 1.82) is 0 Å². The molecule has 0 aromatic heterocycles. The Balaban J connectivity index is 2.54. The lowest BCUT2D eigenvalue weighted by Gasteiger charge is -2.41. The minimum Gasteiger partial charge on any atom is -0.462 e. The summed E-state index contributed by atoms with van der Waals surface area (Å²) in [5.74, 6) is -1.13. The number of carbonyl (C=O) groups excluding carboxylic acids is 2. The molecule has 54 heavy (non-hydrogen) atoms. The summed E-state index contributed by atoms with van der Waals surface area (Å²) in [6.07, 6.45) is 19.3. The van der Waals surface area contributed by atoms with Gasteiger partial charge in [0.2, 0.25) is 0 Å². The lowest BCUT2D eigenvalue weighted by atomic mass is 9.85. The van der Waals surface area contributed by atoms with Crippen molar-refractivity contribution < 1.29 is 63.1 Å². The van der Waals surface area contributed by atoms with Crippen LogP contribution < -0.4 is 0 Å². The monoisotopic (exact) mass is 790 g/mol. The third-order valence-electron chi connectivity index (χ3n) is 9.18. The Hall–Kier alpha value is -1.93. The number of unbranched alkanes of at least 4 members (excludes halogenated alkanes) is 14. The molecular weight excluding hydrogens is 719 g/mol. The Labute approximate surface area is 323 Å². The highest BCUT2D eigenvalue weighted by Gasteiger charge is 2.51. The Morgan fingerprint density at radius 1 is 0.574 bits per heavy atom. The number of hydrogen-bond donors (Lipinski definition) is 6. The smallest absolute Gasteiger partial charge is 0.462 e. The Kier molecular flexibility index (Phi) is 28.9. The fourth-order valence-electron chi connectivity index (χ4n) is 5.85. The van der Waals surface area contributed by atoms with Gasteiger partial charge in [-0.2, -0.15) is 0 Å². The molecule has 1 fully saturated rings. The van der Waals surface area contributed by atoms with Crippen molar-refractivity contribution in [3.63, 3.8) is 0 Å². The van der Waals surface area contributed by atoms with Crippen molar-refractivity contribution in [3.8, 4) is 0 Å². The van der Waals surface area contributed by atoms with Crippen LogP contribution in [0.15, 0.2) is 36.5 Å². The zero-order chi connectivity index (χ0) is 40.0. The molecule has 14 heteroatoms. The van der Waals surface area contributed by atoms with E-state index in [9.17, 15) is 44.6 Å². The van der Waals surface area contributed by atoms with Crippen LogP contribution >= 0.6 is 7.82 Å². The normalized spacial score (nSPS) is 23.6. The zero-order valence-electron chi connectivity index (χ0n) is 32.8. The summed E-state index contributed by atoms with van der Waals surface area (Å²) in [6.45, 7) is 3.15. The van der Waals surface area contributed by atoms with Gasteiger partial charge in [0.25, 0.3) is 0 Å². The second-order valence-corrected chi connectivity index (χ2v) is 15.5. The number of rotatable bonds is 32. The van der Waals surface area contributed by atoms with Gasteiger partial charge in [-0.3, -0.25) is 18.6 Å². The maximum Gasteiger partial charge on any atom is 0.472 e. The largest absolute Gasteiger partial charge is 0.472 e. The number of hydrogen-bond acceptors (Lipinski definition) is 12. The number of carbonyl (C=O) groups is 2. The zero-order valence-corrected chi connectivity index (χ0v) is 33.7. The molecule has 0 aliphatic heterocycles. The first-order valence-corrected chi connectivity index (χ1v) is 21.8. The molecule has 0 heterocycles. The molecule has 314 valence electrons. The minimum atomic E-state index is -5.11. The predicted octanol–water partition coefficient (Wildman–Crippen LogP) is 6.66. The average molecular weight is 791 g/mol. The number of ether oxygens (including phenoxy) is 2. The summed E-state index contributed by atoms with van der Waals surface area (Å²) in [5, 5.41) is 49.9. The molecule has 0 saturated heterocycles. The van der Waals surface area contributed by atoms with Crippen LogP contribution in [0.4, 0.5) is 0 Å². The molecule has 0 aromatic carbocycles. The van der Waals surface area contributed by atoms with Gasteiger partial charge in [0.05, 0.1) is 6.61 Å². The lowest BCUT2D eigenvalue weighted by molar-refractivity contribution is -0.220. The number of phosphoric acid groups is 1. The number of esters is 2. The molecule has 1 aliphatic rings. The standard InChI is InChI=1S/C40H71O13P/c1-3-5-7-9-11-13-15-16-17-18-19-21-23-25-27-29-34(42)52-32(30-50-33(41)28-26-24-22-20-14-12-10-8-6-4-2)31-51-54(48,49)53-40-38(46)36(44)35(43)37(45)39(40)47/h8,10-11,13,16-17,32,35-40,43-47H,3-7,9,12,14-15,18-31H2,1-2H3,(H,48,49)/b10-8-,13-11-,17-16-. The maximum absolute atomic E-state index is 12.7. The number of allylic oxidation sites excluding steroid dienone is 6. The topological polar surface area (TPSA) is 210 Å². The maximum atomic E-state index is 12.7. The van der Waals surface area contributed by atoms with E-state index >= 15 is 0 Å². The highest BCUT2D eigenvalue weighted by Crippen LogP contribution is 2.47. The molecule has 0 radical (unpaired) electrons. The van der Waals surface area contributed by atoms with Crippen LogP contribution in [0.3, 0.4) is 0 Å². The molecule has 13 nitrogen and oxygen atoms in total. The van der Waals surface area contributed by atoms with Crippen LogP contribution in [0.25, 0.3) is 0 Å². The summed E-state index contributed by atoms with van der Waals surface area (Å²) in [5.41, 5.74) is 0. The van der Waals surface area contributed by atoms with E-state index in [2.05, 4.69) is 50.3 Å². The first kappa shape index (κ1) is 50.1. The molecule has 0 bridgehead atoms. The third-order valence-corrected chi connectivity index (χ3v) is 10.2. The van der Waals surface area contributed by atoms with Crippen molar-refractivity contribution in [2.75, 3.05) is 13.2 Å². The Bertz CT molecular complexity index is 1100. The summed E-state index contributed by atoms with van der Waals surface area (Å²) in [6, 6.07) is 0. The van der Waals surface area contributed by atoms with Gasteiger partial charge in [-0.1, -0.05) is 108 Å². The van der Waals surface area contributed by atoms with Crippen LogP contribution in [0.2, 0.25) is 0 Å². The molecule has 1 saturated carbocycles. The van der Waals surface area contributed by atoms with E-state index in [-0.39, 0.29) is 12.8 Å². The van der Waals surface area contributed by atoms with Gasteiger partial charge >= 0.3 is 19.8 Å². The molecular formula is C40H71O13P. The van der Waals surface area contributed by atoms with E-state index in [1.54, 1.807) is 0 Å². The quantitative estimate of drug-likeness (QED) is 0.0183. The minimum absolute atomic E-state index is 0.0786. The third kappa shape index (κ3) is 23.9. The van der Waals surface area contributed by atoms with E-state index in [1.807, 2.05) is 0 Å². The van der Waals surface area contributed by atoms with Crippen LogP contribution in [-0.4, -0.2) is 98.3 Å². The van der Waals surface area contributed by atoms with Gasteiger partial charge in [-0.25, -0.2) is 4.57 Å². The fraction of sp³-hybridized carbons (Fsp3) is 0.800. The SMILES string of the molecule is CCC/C=C\CCCCCCCC(=O)OCC(COP(=O)(O)OC1C(O)C(O)C(O)C(O)C1O)OC(=O)CCCCCCC/C=C\C/C=C\CCCCC. The van der Waals surface area contributed by atoms with Crippen molar-refractivity contribution in [3.05, 3.63) is 36.5 Å². The molecule has 6 unspecified atom stereocenters. The molecule has 0 aromatic rings. The lowest BCUT2D eigenvalue weighted by Crippen LogP contribution is -2.64. The second kappa shape index (κ2) is 31.2. The highest BCUT2D eigenvalue weighted by atomic mass is 31.2. The predicted molar refractivity (Wildman–Crippen MR) is 207 cm³/mol. The number of aliphatic hydroxyl groups is 5. The van der Waals surface area contributed by atoms with Crippen molar-refractivity contribution in [2.24, 2.45) is 0 Å². The van der Waals surface area contributed by atoms with Gasteiger partial charge in [0, 0.05) is 12.8 Å². The second-order valence-electron chi connectivity index (χ2n) is 14.1. The first-order chi connectivity index (χ1) is 25.9. The molecule has 0 spiro atoms. The fourth-order valence-corrected chi connectivity index (χ4v) is 6.82. The van der Waals surface area contributed by atoms with E-state index in [0.29, 0.717) is 12.8 Å². The van der Waals surface area contributed by atoms with Gasteiger partial charge < -0.3 is 39.9 Å². The van der Waals surface area contributed by atoms with Gasteiger partial charge in [-0.15, -0.1) is 0 Å². The van der Waals surface area contributed by atoms with E-state index in [0.717, 1.165) is 89.9 Å². The van der Waals surface area contributed by atoms with Crippen LogP contribution in [-0.2, 0) is 32.7 Å². The van der Waals surface area contributed by atoms with Crippen molar-refractivity contribution >= 4 is 19.8 Å². The van der Waals surface area contributed by atoms with Crippen LogP contribution in [0.5, 0.6) is 0 Å². The number of aliphatic hydroxyl groups excluding tert-OH is 5. The van der Waals surface area contributed by atoms with Crippen molar-refractivity contribution in [2.45, 2.75) is 191 Å². The molecule has 6 atom stereocenters. The Morgan fingerprint density at radius 3 is 1.59 bits per heavy atom. The number of phosphoric ester groups is 1. The van der Waals surface area contributed by atoms with E-state index in [4.69, 9.17) is 18.5 Å². The van der Waals surface area contributed by atoms with Crippen molar-refractivity contribution in [1.82, 2.24) is 0 Å². The first-order valence-electron chi connectivity index (χ1n) is 20.3. The van der Waals surface area contributed by atoms with E-state index < -0.39 is 75.7 Å². The molecule has 1 aliphatic carbocycles. The molecule has 0 amide bonds. The van der Waals surface area contributed by atoms with Crippen LogP contribution in [0.1, 0.15) is 149 Å². The highest BCUT2D eigenvalue weighted by molar-refractivity contribution is 7.47. The van der Waals surface area contributed by atoms with Gasteiger partial charge in [0.15, 0.2) is 6.10 Å². The summed E-state index contributed by atoms with van der Waals surface area (Å²) < 4.78 is 33.3.